The fourth-order valence-electron chi connectivity index (χ4n) is 2.28. The molecule has 2 heterocycles. The predicted molar refractivity (Wildman–Crippen MR) is 64.8 cm³/mol. The standard InChI is InChI=1S/C13H14N2O2/c16-13-8-17-7-10(15-13)5-9-6-14-12-4-2-1-3-11(9)12/h1-4,6,10,14H,5,7-8H2,(H,15,16). The van der Waals surface area contributed by atoms with Gasteiger partial charge in [-0.15, -0.1) is 0 Å². The van der Waals surface area contributed by atoms with Crippen LogP contribution in [0.3, 0.4) is 0 Å². The van der Waals surface area contributed by atoms with Crippen molar-refractivity contribution in [2.45, 2.75) is 12.5 Å². The SMILES string of the molecule is O=C1COCC(Cc2c[nH]c3ccccc23)N1. The van der Waals surface area contributed by atoms with Crippen molar-refractivity contribution in [3.8, 4) is 0 Å². The summed E-state index contributed by atoms with van der Waals surface area (Å²) in [6, 6.07) is 8.25. The fraction of sp³-hybridized carbons (Fsp3) is 0.308. The van der Waals surface area contributed by atoms with Gasteiger partial charge in [0.25, 0.3) is 0 Å². The maximum Gasteiger partial charge on any atom is 0.246 e. The molecule has 88 valence electrons. The number of hydrogen-bond donors (Lipinski definition) is 2. The van der Waals surface area contributed by atoms with E-state index >= 15 is 0 Å². The third-order valence-electron chi connectivity index (χ3n) is 3.06. The minimum Gasteiger partial charge on any atom is -0.369 e. The minimum atomic E-state index is -0.0268. The Morgan fingerprint density at radius 1 is 1.35 bits per heavy atom. The van der Waals surface area contributed by atoms with Crippen LogP contribution in [-0.2, 0) is 16.0 Å². The molecule has 1 saturated heterocycles. The molecule has 2 N–H and O–H groups in total. The third-order valence-corrected chi connectivity index (χ3v) is 3.06. The summed E-state index contributed by atoms with van der Waals surface area (Å²) in [4.78, 5) is 14.5. The number of nitrogens with one attached hydrogen (secondary N) is 2. The van der Waals surface area contributed by atoms with Gasteiger partial charge in [0.15, 0.2) is 0 Å². The van der Waals surface area contributed by atoms with Gasteiger partial charge in [0.1, 0.15) is 6.61 Å². The molecule has 1 fully saturated rings. The predicted octanol–water partition coefficient (Wildman–Crippen LogP) is 1.23. The molecule has 1 atom stereocenters. The minimum absolute atomic E-state index is 0.0268. The number of morpholine rings is 1. The van der Waals surface area contributed by atoms with Gasteiger partial charge >= 0.3 is 0 Å². The number of aromatic nitrogens is 1. The van der Waals surface area contributed by atoms with Gasteiger partial charge in [-0.2, -0.15) is 0 Å². The molecule has 1 unspecified atom stereocenters. The number of aromatic amines is 1. The van der Waals surface area contributed by atoms with Gasteiger partial charge in [-0.05, 0) is 18.1 Å². The molecule has 0 aliphatic carbocycles. The van der Waals surface area contributed by atoms with E-state index in [1.807, 2.05) is 18.3 Å². The average Bonchev–Trinajstić information content (AvgIpc) is 2.73. The average molecular weight is 230 g/mol. The van der Waals surface area contributed by atoms with E-state index in [1.54, 1.807) is 0 Å². The zero-order valence-electron chi connectivity index (χ0n) is 9.40. The summed E-state index contributed by atoms with van der Waals surface area (Å²) < 4.78 is 5.23. The van der Waals surface area contributed by atoms with E-state index < -0.39 is 0 Å². The maximum absolute atomic E-state index is 11.2. The van der Waals surface area contributed by atoms with E-state index in [0.29, 0.717) is 6.61 Å². The van der Waals surface area contributed by atoms with Gasteiger partial charge in [0.05, 0.1) is 12.6 Å². The summed E-state index contributed by atoms with van der Waals surface area (Å²) >= 11 is 0. The Hall–Kier alpha value is -1.81. The molecule has 0 bridgehead atoms. The fourth-order valence-corrected chi connectivity index (χ4v) is 2.28. The lowest BCUT2D eigenvalue weighted by Crippen LogP contribution is -2.46. The lowest BCUT2D eigenvalue weighted by Gasteiger charge is -2.23. The van der Waals surface area contributed by atoms with Crippen molar-refractivity contribution in [3.05, 3.63) is 36.0 Å². The second kappa shape index (κ2) is 4.22. The Morgan fingerprint density at radius 3 is 3.12 bits per heavy atom. The number of H-pyrrole nitrogens is 1. The summed E-state index contributed by atoms with van der Waals surface area (Å²) in [5.74, 6) is -0.0268. The van der Waals surface area contributed by atoms with Crippen LogP contribution in [-0.4, -0.2) is 30.1 Å². The van der Waals surface area contributed by atoms with Crippen LogP contribution in [0, 0.1) is 0 Å². The molecule has 1 aromatic heterocycles. The van der Waals surface area contributed by atoms with Crippen LogP contribution in [0.2, 0.25) is 0 Å². The van der Waals surface area contributed by atoms with Crippen LogP contribution < -0.4 is 5.32 Å². The van der Waals surface area contributed by atoms with Crippen molar-refractivity contribution < 1.29 is 9.53 Å². The highest BCUT2D eigenvalue weighted by Crippen LogP contribution is 2.19. The number of para-hydroxylation sites is 1. The first kappa shape index (κ1) is 10.4. The lowest BCUT2D eigenvalue weighted by molar-refractivity contribution is -0.131. The van der Waals surface area contributed by atoms with Crippen molar-refractivity contribution >= 4 is 16.8 Å². The Bertz CT molecular complexity index is 547. The molecule has 1 aliphatic heterocycles. The van der Waals surface area contributed by atoms with Crippen molar-refractivity contribution in [2.75, 3.05) is 13.2 Å². The second-order valence-corrected chi connectivity index (χ2v) is 4.34. The molecule has 1 amide bonds. The Labute approximate surface area is 99.0 Å². The quantitative estimate of drug-likeness (QED) is 0.815. The highest BCUT2D eigenvalue weighted by Gasteiger charge is 2.19. The van der Waals surface area contributed by atoms with Crippen molar-refractivity contribution in [1.82, 2.24) is 10.3 Å². The maximum atomic E-state index is 11.2. The van der Waals surface area contributed by atoms with E-state index in [2.05, 4.69) is 22.4 Å². The molecule has 0 spiro atoms. The van der Waals surface area contributed by atoms with E-state index in [4.69, 9.17) is 4.74 Å². The van der Waals surface area contributed by atoms with Crippen LogP contribution in [0.25, 0.3) is 10.9 Å². The van der Waals surface area contributed by atoms with E-state index in [-0.39, 0.29) is 18.6 Å². The molecule has 1 aliphatic rings. The highest BCUT2D eigenvalue weighted by molar-refractivity contribution is 5.83. The zero-order chi connectivity index (χ0) is 11.7. The van der Waals surface area contributed by atoms with E-state index in [1.165, 1.54) is 10.9 Å². The van der Waals surface area contributed by atoms with Gasteiger partial charge in [-0.25, -0.2) is 0 Å². The van der Waals surface area contributed by atoms with Crippen LogP contribution in [0.15, 0.2) is 30.5 Å². The number of rotatable bonds is 2. The molecule has 17 heavy (non-hydrogen) atoms. The Balaban J connectivity index is 1.82. The monoisotopic (exact) mass is 230 g/mol. The summed E-state index contributed by atoms with van der Waals surface area (Å²) in [5.41, 5.74) is 2.35. The summed E-state index contributed by atoms with van der Waals surface area (Å²) in [7, 11) is 0. The molecule has 2 aromatic rings. The first-order valence-corrected chi connectivity index (χ1v) is 5.75. The molecule has 0 radical (unpaired) electrons. The number of benzene rings is 1. The number of hydrogen-bond acceptors (Lipinski definition) is 2. The van der Waals surface area contributed by atoms with Crippen molar-refractivity contribution in [3.63, 3.8) is 0 Å². The first-order valence-electron chi connectivity index (χ1n) is 5.75. The molecule has 1 aromatic carbocycles. The van der Waals surface area contributed by atoms with E-state index in [0.717, 1.165) is 11.9 Å². The van der Waals surface area contributed by atoms with Gasteiger partial charge in [-0.1, -0.05) is 18.2 Å². The number of ether oxygens (including phenoxy) is 1. The topological polar surface area (TPSA) is 54.1 Å². The normalized spacial score (nSPS) is 20.5. The van der Waals surface area contributed by atoms with Gasteiger partial charge in [0, 0.05) is 17.1 Å². The zero-order valence-corrected chi connectivity index (χ0v) is 9.40. The summed E-state index contributed by atoms with van der Waals surface area (Å²) in [5, 5.41) is 4.16. The van der Waals surface area contributed by atoms with Crippen LogP contribution in [0.5, 0.6) is 0 Å². The van der Waals surface area contributed by atoms with Crippen LogP contribution >= 0.6 is 0 Å². The highest BCUT2D eigenvalue weighted by atomic mass is 16.5. The second-order valence-electron chi connectivity index (χ2n) is 4.34. The Kier molecular flexibility index (Phi) is 2.57. The molecule has 0 saturated carbocycles. The number of carbonyl (C=O) groups excluding carboxylic acids is 1. The summed E-state index contributed by atoms with van der Waals surface area (Å²) in [6.45, 7) is 0.773. The molecular weight excluding hydrogens is 216 g/mol. The largest absolute Gasteiger partial charge is 0.369 e. The molecule has 4 nitrogen and oxygen atoms in total. The first-order chi connectivity index (χ1) is 8.33. The van der Waals surface area contributed by atoms with Crippen molar-refractivity contribution in [2.24, 2.45) is 0 Å². The Morgan fingerprint density at radius 2 is 2.24 bits per heavy atom. The smallest absolute Gasteiger partial charge is 0.246 e. The van der Waals surface area contributed by atoms with Gasteiger partial charge < -0.3 is 15.0 Å². The van der Waals surface area contributed by atoms with Crippen LogP contribution in [0.1, 0.15) is 5.56 Å². The molecule has 3 rings (SSSR count). The number of amides is 1. The van der Waals surface area contributed by atoms with E-state index in [9.17, 15) is 4.79 Å². The van der Waals surface area contributed by atoms with Crippen molar-refractivity contribution in [1.29, 1.82) is 0 Å². The van der Waals surface area contributed by atoms with Crippen LogP contribution in [0.4, 0.5) is 0 Å². The van der Waals surface area contributed by atoms with Gasteiger partial charge in [-0.3, -0.25) is 4.79 Å². The number of fused-ring (bicyclic) bond motifs is 1. The molecule has 4 heteroatoms. The number of carbonyl (C=O) groups is 1. The molecular formula is C13H14N2O2. The summed E-state index contributed by atoms with van der Waals surface area (Å²) in [6.07, 6.45) is 2.81. The lowest BCUT2D eigenvalue weighted by atomic mass is 10.0. The third kappa shape index (κ3) is 2.03. The van der Waals surface area contributed by atoms with Gasteiger partial charge in [0.2, 0.25) is 5.91 Å².